The predicted octanol–water partition coefficient (Wildman–Crippen LogP) is 5.38. The van der Waals surface area contributed by atoms with Gasteiger partial charge in [0.15, 0.2) is 0 Å². The number of benzene rings is 2. The van der Waals surface area contributed by atoms with E-state index in [4.69, 9.17) is 0 Å². The standard InChI is InChI=1S/C17H9F3N2S/c18-17(19,20)13-7-5-11(6-8-13)9-12(10-21)16-22-14-3-1-2-4-15(14)23-16/h1-9H. The summed E-state index contributed by atoms with van der Waals surface area (Å²) in [7, 11) is 0. The summed E-state index contributed by atoms with van der Waals surface area (Å²) in [6, 6.07) is 14.2. The Kier molecular flexibility index (Phi) is 3.89. The van der Waals surface area contributed by atoms with Crippen molar-refractivity contribution >= 4 is 33.2 Å². The summed E-state index contributed by atoms with van der Waals surface area (Å²) in [6.07, 6.45) is -2.83. The van der Waals surface area contributed by atoms with E-state index in [1.54, 1.807) is 0 Å². The van der Waals surface area contributed by atoms with Crippen molar-refractivity contribution < 1.29 is 13.2 Å². The van der Waals surface area contributed by atoms with E-state index in [0.717, 1.165) is 22.3 Å². The largest absolute Gasteiger partial charge is 0.416 e. The van der Waals surface area contributed by atoms with E-state index in [2.05, 4.69) is 11.1 Å². The van der Waals surface area contributed by atoms with Crippen LogP contribution >= 0.6 is 11.3 Å². The van der Waals surface area contributed by atoms with Crippen LogP contribution in [0.25, 0.3) is 21.9 Å². The normalized spacial score (nSPS) is 12.3. The van der Waals surface area contributed by atoms with Crippen LogP contribution in [0.5, 0.6) is 0 Å². The fourth-order valence-electron chi connectivity index (χ4n) is 2.06. The number of halogens is 3. The van der Waals surface area contributed by atoms with Gasteiger partial charge in [0.2, 0.25) is 0 Å². The lowest BCUT2D eigenvalue weighted by Gasteiger charge is -2.06. The molecule has 1 aromatic heterocycles. The van der Waals surface area contributed by atoms with E-state index in [-0.39, 0.29) is 0 Å². The predicted molar refractivity (Wildman–Crippen MR) is 84.5 cm³/mol. The molecule has 0 fully saturated rings. The number of hydrogen-bond donors (Lipinski definition) is 0. The van der Waals surface area contributed by atoms with Crippen molar-refractivity contribution in [3.63, 3.8) is 0 Å². The Bertz CT molecular complexity index is 882. The lowest BCUT2D eigenvalue weighted by Crippen LogP contribution is -2.03. The molecule has 2 aromatic carbocycles. The van der Waals surface area contributed by atoms with Crippen molar-refractivity contribution in [2.24, 2.45) is 0 Å². The van der Waals surface area contributed by atoms with Crippen LogP contribution in [-0.2, 0) is 6.18 Å². The molecule has 0 atom stereocenters. The first-order valence-electron chi connectivity index (χ1n) is 6.62. The van der Waals surface area contributed by atoms with Crippen LogP contribution in [0.2, 0.25) is 0 Å². The number of hydrogen-bond acceptors (Lipinski definition) is 3. The highest BCUT2D eigenvalue weighted by Crippen LogP contribution is 2.31. The van der Waals surface area contributed by atoms with Crippen LogP contribution in [0.1, 0.15) is 16.1 Å². The first-order valence-corrected chi connectivity index (χ1v) is 7.44. The van der Waals surface area contributed by atoms with Gasteiger partial charge >= 0.3 is 6.18 Å². The molecule has 0 bridgehead atoms. The maximum Gasteiger partial charge on any atom is 0.416 e. The quantitative estimate of drug-likeness (QED) is 0.592. The van der Waals surface area contributed by atoms with Gasteiger partial charge in [-0.25, -0.2) is 4.98 Å². The number of nitrogens with zero attached hydrogens (tertiary/aromatic N) is 2. The molecule has 0 saturated heterocycles. The van der Waals surface area contributed by atoms with Crippen molar-refractivity contribution in [3.05, 3.63) is 64.7 Å². The topological polar surface area (TPSA) is 36.7 Å². The maximum absolute atomic E-state index is 12.6. The molecule has 0 spiro atoms. The molecule has 0 unspecified atom stereocenters. The lowest BCUT2D eigenvalue weighted by atomic mass is 10.1. The molecule has 0 aliphatic heterocycles. The highest BCUT2D eigenvalue weighted by atomic mass is 32.1. The van der Waals surface area contributed by atoms with Gasteiger partial charge in [0, 0.05) is 0 Å². The summed E-state index contributed by atoms with van der Waals surface area (Å²) >= 11 is 1.37. The molecular formula is C17H9F3N2S. The molecule has 0 N–H and O–H groups in total. The monoisotopic (exact) mass is 330 g/mol. The summed E-state index contributed by atoms with van der Waals surface area (Å²) in [5.41, 5.74) is 0.925. The number of nitriles is 1. The molecule has 0 aliphatic rings. The number of allylic oxidation sites excluding steroid dienone is 1. The third-order valence-electron chi connectivity index (χ3n) is 3.19. The molecule has 0 aliphatic carbocycles. The van der Waals surface area contributed by atoms with Gasteiger partial charge in [-0.1, -0.05) is 24.3 Å². The third-order valence-corrected chi connectivity index (χ3v) is 4.26. The van der Waals surface area contributed by atoms with Gasteiger partial charge in [-0.3, -0.25) is 0 Å². The number of rotatable bonds is 2. The number of para-hydroxylation sites is 1. The van der Waals surface area contributed by atoms with Crippen LogP contribution in [0.3, 0.4) is 0 Å². The van der Waals surface area contributed by atoms with E-state index in [0.29, 0.717) is 16.1 Å². The van der Waals surface area contributed by atoms with Crippen molar-refractivity contribution in [2.75, 3.05) is 0 Å². The minimum Gasteiger partial charge on any atom is -0.235 e. The summed E-state index contributed by atoms with van der Waals surface area (Å²) in [4.78, 5) is 4.38. The summed E-state index contributed by atoms with van der Waals surface area (Å²) < 4.78 is 38.6. The van der Waals surface area contributed by atoms with E-state index in [1.165, 1.54) is 29.5 Å². The zero-order valence-electron chi connectivity index (χ0n) is 11.6. The Morgan fingerprint density at radius 3 is 2.39 bits per heavy atom. The average Bonchev–Trinajstić information content (AvgIpc) is 2.96. The molecule has 1 heterocycles. The third kappa shape index (κ3) is 3.25. The Labute approximate surface area is 134 Å². The molecule has 3 aromatic rings. The van der Waals surface area contributed by atoms with Crippen molar-refractivity contribution in [1.29, 1.82) is 5.26 Å². The Morgan fingerprint density at radius 2 is 1.78 bits per heavy atom. The van der Waals surface area contributed by atoms with Crippen LogP contribution in [0.4, 0.5) is 13.2 Å². The van der Waals surface area contributed by atoms with E-state index in [9.17, 15) is 18.4 Å². The van der Waals surface area contributed by atoms with Crippen LogP contribution in [0, 0.1) is 11.3 Å². The minimum absolute atomic E-state index is 0.325. The number of thiazole rings is 1. The molecule has 0 amide bonds. The van der Waals surface area contributed by atoms with Crippen molar-refractivity contribution in [1.82, 2.24) is 4.98 Å². The molecule has 23 heavy (non-hydrogen) atoms. The van der Waals surface area contributed by atoms with Crippen LogP contribution < -0.4 is 0 Å². The van der Waals surface area contributed by atoms with Crippen LogP contribution in [0.15, 0.2) is 48.5 Å². The van der Waals surface area contributed by atoms with Gasteiger partial charge in [0.05, 0.1) is 21.4 Å². The van der Waals surface area contributed by atoms with Gasteiger partial charge in [-0.15, -0.1) is 11.3 Å². The van der Waals surface area contributed by atoms with Crippen molar-refractivity contribution in [2.45, 2.75) is 6.18 Å². The number of aromatic nitrogens is 1. The smallest absolute Gasteiger partial charge is 0.235 e. The molecule has 0 saturated carbocycles. The molecule has 3 rings (SSSR count). The highest BCUT2D eigenvalue weighted by Gasteiger charge is 2.29. The summed E-state index contributed by atoms with van der Waals surface area (Å²) in [5, 5.41) is 9.87. The second kappa shape index (κ2) is 5.86. The van der Waals surface area contributed by atoms with Gasteiger partial charge in [0.1, 0.15) is 11.1 Å². The van der Waals surface area contributed by atoms with E-state index >= 15 is 0 Å². The fourth-order valence-corrected chi connectivity index (χ4v) is 3.00. The Hall–Kier alpha value is -2.65. The zero-order valence-corrected chi connectivity index (χ0v) is 12.4. The molecule has 0 radical (unpaired) electrons. The maximum atomic E-state index is 12.6. The first-order chi connectivity index (χ1) is 11.0. The number of alkyl halides is 3. The second-order valence-electron chi connectivity index (χ2n) is 4.78. The summed E-state index contributed by atoms with van der Waals surface area (Å²) in [5.74, 6) is 0. The molecule has 6 heteroatoms. The zero-order chi connectivity index (χ0) is 16.4. The van der Waals surface area contributed by atoms with Gasteiger partial charge < -0.3 is 0 Å². The minimum atomic E-state index is -4.37. The van der Waals surface area contributed by atoms with Crippen molar-refractivity contribution in [3.8, 4) is 6.07 Å². The molecular weight excluding hydrogens is 321 g/mol. The van der Waals surface area contributed by atoms with Gasteiger partial charge in [-0.2, -0.15) is 18.4 Å². The number of fused-ring (bicyclic) bond motifs is 1. The Morgan fingerprint density at radius 1 is 1.09 bits per heavy atom. The van der Waals surface area contributed by atoms with E-state index in [1.807, 2.05) is 24.3 Å². The van der Waals surface area contributed by atoms with Gasteiger partial charge in [0.25, 0.3) is 0 Å². The second-order valence-corrected chi connectivity index (χ2v) is 5.81. The molecule has 2 nitrogen and oxygen atoms in total. The fraction of sp³-hybridized carbons (Fsp3) is 0.0588. The lowest BCUT2D eigenvalue weighted by molar-refractivity contribution is -0.137. The van der Waals surface area contributed by atoms with Crippen LogP contribution in [-0.4, -0.2) is 4.98 Å². The van der Waals surface area contributed by atoms with E-state index < -0.39 is 11.7 Å². The Balaban J connectivity index is 1.97. The van der Waals surface area contributed by atoms with Gasteiger partial charge in [-0.05, 0) is 35.9 Å². The molecule has 114 valence electrons. The first kappa shape index (κ1) is 15.3. The average molecular weight is 330 g/mol. The SMILES string of the molecule is N#CC(=Cc1ccc(C(F)(F)F)cc1)c1nc2ccccc2s1. The summed E-state index contributed by atoms with van der Waals surface area (Å²) in [6.45, 7) is 0. The highest BCUT2D eigenvalue weighted by molar-refractivity contribution is 7.19.